The lowest BCUT2D eigenvalue weighted by Crippen LogP contribution is -2.02. The smallest absolute Gasteiger partial charge is 0.312 e. The molecule has 18 heavy (non-hydrogen) atoms. The number of hydrogen-bond donors (Lipinski definition) is 1. The maximum Gasteiger partial charge on any atom is 0.312 e. The molecule has 1 N–H and O–H groups in total. The lowest BCUT2D eigenvalue weighted by molar-refractivity contribution is -0.384. The van der Waals surface area contributed by atoms with Crippen LogP contribution in [0, 0.1) is 17.0 Å². The average molecular weight is 309 g/mol. The van der Waals surface area contributed by atoms with E-state index in [9.17, 15) is 10.1 Å². The van der Waals surface area contributed by atoms with Crippen LogP contribution in [-0.4, -0.2) is 14.9 Å². The van der Waals surface area contributed by atoms with E-state index in [4.69, 9.17) is 0 Å². The lowest BCUT2D eigenvalue weighted by atomic mass is 10.3. The van der Waals surface area contributed by atoms with Crippen molar-refractivity contribution in [2.24, 2.45) is 0 Å². The molecule has 0 aliphatic heterocycles. The summed E-state index contributed by atoms with van der Waals surface area (Å²) in [7, 11) is 0. The third kappa shape index (κ3) is 2.62. The van der Waals surface area contributed by atoms with Crippen LogP contribution in [0.2, 0.25) is 0 Å². The molecule has 0 aliphatic rings. The van der Waals surface area contributed by atoms with Gasteiger partial charge >= 0.3 is 5.69 Å². The SMILES string of the molecule is Cc1cccnc1Nc1ncc(Br)cc1[N+](=O)[O-]. The number of pyridine rings is 2. The molecule has 0 bridgehead atoms. The molecule has 0 atom stereocenters. The van der Waals surface area contributed by atoms with Gasteiger partial charge in [0.05, 0.1) is 4.92 Å². The molecule has 92 valence electrons. The van der Waals surface area contributed by atoms with Gasteiger partial charge in [0.15, 0.2) is 0 Å². The van der Waals surface area contributed by atoms with Crippen molar-refractivity contribution in [2.45, 2.75) is 6.92 Å². The van der Waals surface area contributed by atoms with Gasteiger partial charge in [-0.25, -0.2) is 9.97 Å². The van der Waals surface area contributed by atoms with E-state index in [1.54, 1.807) is 12.3 Å². The minimum Gasteiger partial charge on any atom is -0.319 e. The molecule has 7 heteroatoms. The zero-order valence-corrected chi connectivity index (χ0v) is 11.0. The van der Waals surface area contributed by atoms with E-state index in [2.05, 4.69) is 31.2 Å². The topological polar surface area (TPSA) is 81.0 Å². The molecular weight excluding hydrogens is 300 g/mol. The minimum absolute atomic E-state index is 0.102. The molecule has 2 aromatic heterocycles. The highest BCUT2D eigenvalue weighted by Gasteiger charge is 2.16. The second-order valence-corrected chi connectivity index (χ2v) is 4.49. The summed E-state index contributed by atoms with van der Waals surface area (Å²) >= 11 is 3.15. The summed E-state index contributed by atoms with van der Waals surface area (Å²) < 4.78 is 0.553. The van der Waals surface area contributed by atoms with Crippen molar-refractivity contribution in [3.05, 3.63) is 50.7 Å². The predicted octanol–water partition coefficient (Wildman–Crippen LogP) is 3.20. The fraction of sp³-hybridized carbons (Fsp3) is 0.0909. The van der Waals surface area contributed by atoms with Crippen molar-refractivity contribution in [3.8, 4) is 0 Å². The zero-order chi connectivity index (χ0) is 13.1. The second-order valence-electron chi connectivity index (χ2n) is 3.57. The summed E-state index contributed by atoms with van der Waals surface area (Å²) in [5, 5.41) is 13.8. The quantitative estimate of drug-likeness (QED) is 0.695. The molecule has 0 fully saturated rings. The van der Waals surface area contributed by atoms with E-state index in [0.717, 1.165) is 5.56 Å². The molecule has 0 aromatic carbocycles. The Morgan fingerprint density at radius 1 is 1.39 bits per heavy atom. The van der Waals surface area contributed by atoms with Crippen LogP contribution in [0.4, 0.5) is 17.3 Å². The molecule has 2 rings (SSSR count). The van der Waals surface area contributed by atoms with E-state index in [0.29, 0.717) is 10.3 Å². The highest BCUT2D eigenvalue weighted by Crippen LogP contribution is 2.28. The van der Waals surface area contributed by atoms with Crippen molar-refractivity contribution < 1.29 is 4.92 Å². The number of aromatic nitrogens is 2. The van der Waals surface area contributed by atoms with Crippen molar-refractivity contribution >= 4 is 33.3 Å². The van der Waals surface area contributed by atoms with Crippen LogP contribution in [-0.2, 0) is 0 Å². The summed E-state index contributed by atoms with van der Waals surface area (Å²) in [5.41, 5.74) is 0.783. The van der Waals surface area contributed by atoms with E-state index in [1.807, 2.05) is 13.0 Å². The summed E-state index contributed by atoms with van der Waals surface area (Å²) in [4.78, 5) is 18.6. The highest BCUT2D eigenvalue weighted by atomic mass is 79.9. The molecule has 2 heterocycles. The first-order valence-corrected chi connectivity index (χ1v) is 5.86. The number of aryl methyl sites for hydroxylation is 1. The number of nitrogens with one attached hydrogen (secondary N) is 1. The Hall–Kier alpha value is -2.02. The van der Waals surface area contributed by atoms with Crippen molar-refractivity contribution in [1.29, 1.82) is 0 Å². The fourth-order valence-corrected chi connectivity index (χ4v) is 1.71. The first-order valence-electron chi connectivity index (χ1n) is 5.06. The first kappa shape index (κ1) is 12.4. The van der Waals surface area contributed by atoms with E-state index in [-0.39, 0.29) is 11.5 Å². The summed E-state index contributed by atoms with van der Waals surface area (Å²) in [6.07, 6.45) is 3.10. The minimum atomic E-state index is -0.488. The number of nitrogens with zero attached hydrogens (tertiary/aromatic N) is 3. The van der Waals surface area contributed by atoms with Crippen LogP contribution in [0.1, 0.15) is 5.56 Å². The molecular formula is C11H9BrN4O2. The van der Waals surface area contributed by atoms with Crippen LogP contribution in [0.25, 0.3) is 0 Å². The molecule has 0 aliphatic carbocycles. The van der Waals surface area contributed by atoms with Gasteiger partial charge in [0.1, 0.15) is 5.82 Å². The standard InChI is InChI=1S/C11H9BrN4O2/c1-7-3-2-4-13-10(7)15-11-9(16(17)18)5-8(12)6-14-11/h2-6H,1H3,(H,13,14,15). The highest BCUT2D eigenvalue weighted by molar-refractivity contribution is 9.10. The maximum atomic E-state index is 10.9. The molecule has 2 aromatic rings. The number of halogens is 1. The molecule has 0 saturated heterocycles. The molecule has 0 spiro atoms. The third-order valence-electron chi connectivity index (χ3n) is 2.28. The monoisotopic (exact) mass is 308 g/mol. The molecule has 0 radical (unpaired) electrons. The Kier molecular flexibility index (Phi) is 3.52. The van der Waals surface area contributed by atoms with Crippen LogP contribution >= 0.6 is 15.9 Å². The molecule has 0 amide bonds. The molecule has 0 unspecified atom stereocenters. The van der Waals surface area contributed by atoms with Gasteiger partial charge in [0, 0.05) is 22.9 Å². The average Bonchev–Trinajstić information content (AvgIpc) is 2.34. The number of anilines is 2. The predicted molar refractivity (Wildman–Crippen MR) is 70.8 cm³/mol. The van der Waals surface area contributed by atoms with E-state index >= 15 is 0 Å². The van der Waals surface area contributed by atoms with Crippen LogP contribution in [0.15, 0.2) is 35.1 Å². The lowest BCUT2D eigenvalue weighted by Gasteiger charge is -2.07. The number of nitro groups is 1. The fourth-order valence-electron chi connectivity index (χ4n) is 1.39. The molecule has 6 nitrogen and oxygen atoms in total. The van der Waals surface area contributed by atoms with E-state index < -0.39 is 4.92 Å². The largest absolute Gasteiger partial charge is 0.319 e. The Morgan fingerprint density at radius 3 is 2.83 bits per heavy atom. The number of rotatable bonds is 3. The van der Waals surface area contributed by atoms with Crippen LogP contribution in [0.5, 0.6) is 0 Å². The van der Waals surface area contributed by atoms with Gasteiger partial charge in [-0.2, -0.15) is 0 Å². The van der Waals surface area contributed by atoms with Gasteiger partial charge < -0.3 is 5.32 Å². The Morgan fingerprint density at radius 2 is 2.17 bits per heavy atom. The second kappa shape index (κ2) is 5.09. The van der Waals surface area contributed by atoms with Gasteiger partial charge in [-0.3, -0.25) is 10.1 Å². The Bertz CT molecular complexity index is 603. The Balaban J connectivity index is 2.41. The normalized spacial score (nSPS) is 10.1. The number of hydrogen-bond acceptors (Lipinski definition) is 5. The zero-order valence-electron chi connectivity index (χ0n) is 9.42. The first-order chi connectivity index (χ1) is 8.58. The summed E-state index contributed by atoms with van der Waals surface area (Å²) in [6.45, 7) is 1.86. The van der Waals surface area contributed by atoms with Gasteiger partial charge in [0.2, 0.25) is 5.82 Å². The van der Waals surface area contributed by atoms with Gasteiger partial charge in [-0.15, -0.1) is 0 Å². The maximum absolute atomic E-state index is 10.9. The summed E-state index contributed by atoms with van der Waals surface area (Å²) in [5.74, 6) is 0.723. The van der Waals surface area contributed by atoms with Crippen molar-refractivity contribution in [2.75, 3.05) is 5.32 Å². The van der Waals surface area contributed by atoms with Crippen LogP contribution in [0.3, 0.4) is 0 Å². The van der Waals surface area contributed by atoms with Crippen molar-refractivity contribution in [3.63, 3.8) is 0 Å². The van der Waals surface area contributed by atoms with E-state index in [1.165, 1.54) is 12.3 Å². The van der Waals surface area contributed by atoms with Gasteiger partial charge in [0.25, 0.3) is 0 Å². The van der Waals surface area contributed by atoms with Gasteiger partial charge in [-0.1, -0.05) is 6.07 Å². The Labute approximate surface area is 111 Å². The van der Waals surface area contributed by atoms with Gasteiger partial charge in [-0.05, 0) is 34.5 Å². The summed E-state index contributed by atoms with van der Waals surface area (Å²) in [6, 6.07) is 5.05. The molecule has 0 saturated carbocycles. The van der Waals surface area contributed by atoms with Crippen molar-refractivity contribution in [1.82, 2.24) is 9.97 Å². The van der Waals surface area contributed by atoms with Crippen LogP contribution < -0.4 is 5.32 Å². The third-order valence-corrected chi connectivity index (χ3v) is 2.71.